The number of fused-ring (bicyclic) bond motifs is 4. The molecule has 1 N–H and O–H groups in total. The van der Waals surface area contributed by atoms with Gasteiger partial charge in [0.15, 0.2) is 11.5 Å². The van der Waals surface area contributed by atoms with Gasteiger partial charge in [0.05, 0.1) is 55.9 Å². The summed E-state index contributed by atoms with van der Waals surface area (Å²) in [6.07, 6.45) is 10.1. The molecule has 5 aromatic rings. The Morgan fingerprint density at radius 3 is 2.16 bits per heavy atom. The van der Waals surface area contributed by atoms with Crippen LogP contribution < -0.4 is 24.0 Å². The second-order valence-electron chi connectivity index (χ2n) is 16.0. The molecule has 5 aromatic carbocycles. The van der Waals surface area contributed by atoms with E-state index in [-0.39, 0.29) is 36.2 Å². The Morgan fingerprint density at radius 2 is 1.44 bits per heavy atom. The number of carbonyl (C=O) groups excluding carboxylic acids is 4. The van der Waals surface area contributed by atoms with Crippen LogP contribution in [0.1, 0.15) is 35.1 Å². The summed E-state index contributed by atoms with van der Waals surface area (Å²) in [5.74, 6) is -3.32. The molecule has 0 unspecified atom stereocenters. The van der Waals surface area contributed by atoms with Crippen molar-refractivity contribution in [3.8, 4) is 23.0 Å². The van der Waals surface area contributed by atoms with Gasteiger partial charge in [0.25, 0.3) is 0 Å². The van der Waals surface area contributed by atoms with Gasteiger partial charge in [-0.25, -0.2) is 4.90 Å². The van der Waals surface area contributed by atoms with Crippen molar-refractivity contribution >= 4 is 64.8 Å². The van der Waals surface area contributed by atoms with Crippen LogP contribution in [0.2, 0.25) is 5.02 Å². The molecule has 312 valence electrons. The SMILES string of the molecule is COc1ccc(OC)c(C=Cc2ccc(N3C(=O)[C@H]4[C@H](CC=C5[C@H]4C[C@H]4C(=O)N(c6cccc(Cl)c6)C(=O)[C@@]4(c4ccccc4)[C@H]5C=Cc4ccc(O)c(OC)c4)C3=O)cc2)c1. The number of phenolic OH excluding ortho intramolecular Hbond substituents is 1. The molecule has 11 heteroatoms. The largest absolute Gasteiger partial charge is 0.504 e. The molecule has 0 aromatic heterocycles. The fourth-order valence-electron chi connectivity index (χ4n) is 10.1. The predicted molar refractivity (Wildman–Crippen MR) is 238 cm³/mol. The average molecular weight is 847 g/mol. The highest BCUT2D eigenvalue weighted by atomic mass is 35.5. The summed E-state index contributed by atoms with van der Waals surface area (Å²) >= 11 is 6.45. The third-order valence-electron chi connectivity index (χ3n) is 13.0. The van der Waals surface area contributed by atoms with Gasteiger partial charge >= 0.3 is 0 Å². The summed E-state index contributed by atoms with van der Waals surface area (Å²) in [4.78, 5) is 62.2. The monoisotopic (exact) mass is 846 g/mol. The quantitative estimate of drug-likeness (QED) is 0.0840. The summed E-state index contributed by atoms with van der Waals surface area (Å²) < 4.78 is 16.3. The molecular formula is C51H43ClN2O8. The minimum Gasteiger partial charge on any atom is -0.504 e. The molecular weight excluding hydrogens is 804 g/mol. The molecule has 2 heterocycles. The maximum Gasteiger partial charge on any atom is 0.246 e. The lowest BCUT2D eigenvalue weighted by Gasteiger charge is -2.49. The van der Waals surface area contributed by atoms with E-state index < -0.39 is 46.8 Å². The molecule has 9 rings (SSSR count). The first-order chi connectivity index (χ1) is 30.1. The fraction of sp³-hybridized carbons (Fsp3) is 0.216. The molecule has 0 bridgehead atoms. The number of amides is 4. The number of nitrogens with zero attached hydrogens (tertiary/aromatic N) is 2. The maximum atomic E-state index is 15.4. The molecule has 0 spiro atoms. The number of imide groups is 2. The number of aromatic hydroxyl groups is 1. The molecule has 4 aliphatic rings. The number of halogens is 1. The summed E-state index contributed by atoms with van der Waals surface area (Å²) in [6, 6.07) is 33.8. The van der Waals surface area contributed by atoms with Crippen LogP contribution in [-0.2, 0) is 24.6 Å². The number of allylic oxidation sites excluding steroid dienone is 3. The second-order valence-corrected chi connectivity index (χ2v) is 16.4. The van der Waals surface area contributed by atoms with Crippen molar-refractivity contribution in [3.05, 3.63) is 160 Å². The van der Waals surface area contributed by atoms with Crippen LogP contribution in [0, 0.1) is 29.6 Å². The Hall–Kier alpha value is -6.91. The van der Waals surface area contributed by atoms with Gasteiger partial charge in [-0.1, -0.05) is 102 Å². The summed E-state index contributed by atoms with van der Waals surface area (Å²) in [7, 11) is 4.68. The molecule has 3 fully saturated rings. The van der Waals surface area contributed by atoms with E-state index in [2.05, 4.69) is 0 Å². The molecule has 10 nitrogen and oxygen atoms in total. The third kappa shape index (κ3) is 6.57. The van der Waals surface area contributed by atoms with E-state index >= 15 is 9.59 Å². The Balaban J connectivity index is 1.11. The zero-order chi connectivity index (χ0) is 43.3. The van der Waals surface area contributed by atoms with Crippen molar-refractivity contribution in [1.82, 2.24) is 0 Å². The summed E-state index contributed by atoms with van der Waals surface area (Å²) in [6.45, 7) is 0. The fourth-order valence-corrected chi connectivity index (χ4v) is 10.3. The summed E-state index contributed by atoms with van der Waals surface area (Å²) in [5.41, 5.74) is 3.27. The highest BCUT2D eigenvalue weighted by Crippen LogP contribution is 2.62. The van der Waals surface area contributed by atoms with E-state index in [1.54, 1.807) is 62.8 Å². The first kappa shape index (κ1) is 40.5. The van der Waals surface area contributed by atoms with E-state index in [0.717, 1.165) is 16.7 Å². The normalized spacial score (nSPS) is 24.3. The molecule has 0 radical (unpaired) electrons. The van der Waals surface area contributed by atoms with Crippen LogP contribution in [-0.4, -0.2) is 50.1 Å². The molecule has 1 saturated carbocycles. The van der Waals surface area contributed by atoms with Crippen molar-refractivity contribution in [2.75, 3.05) is 31.1 Å². The molecule has 4 amide bonds. The lowest BCUT2D eigenvalue weighted by molar-refractivity contribution is -0.128. The smallest absolute Gasteiger partial charge is 0.246 e. The van der Waals surface area contributed by atoms with Crippen molar-refractivity contribution in [2.45, 2.75) is 18.3 Å². The van der Waals surface area contributed by atoms with Crippen LogP contribution in [0.25, 0.3) is 18.2 Å². The van der Waals surface area contributed by atoms with Crippen molar-refractivity contribution in [3.63, 3.8) is 0 Å². The highest BCUT2D eigenvalue weighted by molar-refractivity contribution is 6.32. The average Bonchev–Trinajstić information content (AvgIpc) is 3.69. The van der Waals surface area contributed by atoms with Crippen LogP contribution in [0.15, 0.2) is 133 Å². The van der Waals surface area contributed by atoms with E-state index in [1.807, 2.05) is 91.0 Å². The molecule has 2 aliphatic heterocycles. The van der Waals surface area contributed by atoms with Crippen molar-refractivity contribution in [2.24, 2.45) is 29.6 Å². The standard InChI is InChI=1S/C51H43ClN2O8/c1-60-37-20-25-44(61-2)32(27-37)17-12-30-13-18-35(19-14-30)53-47(56)39-22-21-38-40(46(39)49(53)58)29-42-48(57)54(36-11-7-10-34(52)28-36)50(59)51(42,33-8-5-4-6-9-33)41(38)23-15-31-16-24-43(55)45(26-31)62-3/h4-21,23-28,39-42,46,55H,22,29H2,1-3H3/t39-,40+,41-,42-,46-,51-/m0/s1. The van der Waals surface area contributed by atoms with E-state index in [1.165, 1.54) is 23.0 Å². The van der Waals surface area contributed by atoms with Gasteiger partial charge in [0.2, 0.25) is 23.6 Å². The number of carbonyl (C=O) groups is 4. The number of ether oxygens (including phenoxy) is 3. The topological polar surface area (TPSA) is 123 Å². The van der Waals surface area contributed by atoms with Crippen molar-refractivity contribution in [1.29, 1.82) is 0 Å². The lowest BCUT2D eigenvalue weighted by atomic mass is 9.50. The third-order valence-corrected chi connectivity index (χ3v) is 13.2. The van der Waals surface area contributed by atoms with Crippen LogP contribution in [0.3, 0.4) is 0 Å². The van der Waals surface area contributed by atoms with Crippen LogP contribution in [0.4, 0.5) is 11.4 Å². The van der Waals surface area contributed by atoms with E-state index in [9.17, 15) is 14.7 Å². The number of anilines is 2. The van der Waals surface area contributed by atoms with Gasteiger partial charge in [0.1, 0.15) is 11.5 Å². The Morgan fingerprint density at radius 1 is 0.677 bits per heavy atom. The molecule has 2 saturated heterocycles. The zero-order valence-corrected chi connectivity index (χ0v) is 35.0. The number of benzene rings is 5. The number of hydrogen-bond acceptors (Lipinski definition) is 8. The van der Waals surface area contributed by atoms with Crippen molar-refractivity contribution < 1.29 is 38.5 Å². The predicted octanol–water partition coefficient (Wildman–Crippen LogP) is 9.15. The molecule has 6 atom stereocenters. The molecule has 62 heavy (non-hydrogen) atoms. The highest BCUT2D eigenvalue weighted by Gasteiger charge is 2.69. The molecule has 2 aliphatic carbocycles. The van der Waals surface area contributed by atoms with Gasteiger partial charge in [-0.05, 0) is 96.1 Å². The Labute approximate surface area is 364 Å². The number of methoxy groups -OCH3 is 3. The Bertz CT molecular complexity index is 2710. The van der Waals surface area contributed by atoms with Gasteiger partial charge in [-0.3, -0.25) is 24.1 Å². The van der Waals surface area contributed by atoms with Gasteiger partial charge < -0.3 is 19.3 Å². The maximum absolute atomic E-state index is 15.4. The second kappa shape index (κ2) is 16.2. The number of hydrogen-bond donors (Lipinski definition) is 1. The number of phenols is 1. The lowest BCUT2D eigenvalue weighted by Crippen LogP contribution is -2.54. The minimum absolute atomic E-state index is 0.0214. The van der Waals surface area contributed by atoms with Gasteiger partial charge in [-0.2, -0.15) is 0 Å². The number of rotatable bonds is 10. The zero-order valence-electron chi connectivity index (χ0n) is 34.2. The first-order valence-electron chi connectivity index (χ1n) is 20.4. The van der Waals surface area contributed by atoms with Gasteiger partial charge in [0, 0.05) is 16.5 Å². The minimum atomic E-state index is -1.41. The van der Waals surface area contributed by atoms with Crippen LogP contribution in [0.5, 0.6) is 23.0 Å². The van der Waals surface area contributed by atoms with E-state index in [4.69, 9.17) is 25.8 Å². The Kier molecular flexibility index (Phi) is 10.6. The summed E-state index contributed by atoms with van der Waals surface area (Å²) in [5, 5.41) is 10.7. The van der Waals surface area contributed by atoms with E-state index in [0.29, 0.717) is 39.0 Å². The van der Waals surface area contributed by atoms with Crippen LogP contribution >= 0.6 is 11.6 Å². The first-order valence-corrected chi connectivity index (χ1v) is 20.8. The van der Waals surface area contributed by atoms with Gasteiger partial charge in [-0.15, -0.1) is 0 Å².